The zero-order valence-corrected chi connectivity index (χ0v) is 14.1. The predicted octanol–water partition coefficient (Wildman–Crippen LogP) is 2.90. The Kier molecular flexibility index (Phi) is 4.30. The van der Waals surface area contributed by atoms with Crippen molar-refractivity contribution in [2.75, 3.05) is 13.1 Å². The Bertz CT molecular complexity index is 607. The van der Waals surface area contributed by atoms with E-state index in [0.29, 0.717) is 12.5 Å². The number of piperidine rings is 1. The summed E-state index contributed by atoms with van der Waals surface area (Å²) in [6, 6.07) is 10.4. The van der Waals surface area contributed by atoms with Gasteiger partial charge in [0.2, 0.25) is 11.8 Å². The summed E-state index contributed by atoms with van der Waals surface area (Å²) >= 11 is 0. The van der Waals surface area contributed by atoms with Gasteiger partial charge in [-0.3, -0.25) is 9.59 Å². The molecule has 0 aromatic heterocycles. The minimum absolute atomic E-state index is 0.0496. The third-order valence-electron chi connectivity index (χ3n) is 5.61. The number of nitrogens with zero attached hydrogens (tertiary/aromatic N) is 1. The molecule has 0 spiro atoms. The number of amides is 2. The van der Waals surface area contributed by atoms with Gasteiger partial charge in [0.25, 0.3) is 0 Å². The SMILES string of the molecule is O=C(NCC1CC1)C1CCC(c2ccccc2)N(C(=O)C2CC2)C1. The van der Waals surface area contributed by atoms with Crippen molar-refractivity contribution in [3.8, 4) is 0 Å². The van der Waals surface area contributed by atoms with Crippen molar-refractivity contribution in [1.82, 2.24) is 10.2 Å². The summed E-state index contributed by atoms with van der Waals surface area (Å²) in [7, 11) is 0. The lowest BCUT2D eigenvalue weighted by Crippen LogP contribution is -2.47. The average molecular weight is 326 g/mol. The van der Waals surface area contributed by atoms with E-state index in [-0.39, 0.29) is 29.7 Å². The Balaban J connectivity index is 1.46. The van der Waals surface area contributed by atoms with Crippen LogP contribution in [0.25, 0.3) is 0 Å². The maximum Gasteiger partial charge on any atom is 0.226 e. The van der Waals surface area contributed by atoms with Gasteiger partial charge in [-0.2, -0.15) is 0 Å². The molecule has 4 heteroatoms. The van der Waals surface area contributed by atoms with Crippen LogP contribution in [0.4, 0.5) is 0 Å². The van der Waals surface area contributed by atoms with Crippen molar-refractivity contribution >= 4 is 11.8 Å². The Morgan fingerprint density at radius 3 is 2.33 bits per heavy atom. The number of carbonyl (C=O) groups excluding carboxylic acids is 2. The van der Waals surface area contributed by atoms with Gasteiger partial charge in [0, 0.05) is 19.0 Å². The van der Waals surface area contributed by atoms with Crippen LogP contribution in [0, 0.1) is 17.8 Å². The van der Waals surface area contributed by atoms with Gasteiger partial charge in [-0.15, -0.1) is 0 Å². The molecule has 128 valence electrons. The first-order valence-corrected chi connectivity index (χ1v) is 9.35. The van der Waals surface area contributed by atoms with Crippen LogP contribution >= 0.6 is 0 Å². The molecule has 2 amide bonds. The summed E-state index contributed by atoms with van der Waals surface area (Å²) in [6.45, 7) is 1.39. The lowest BCUT2D eigenvalue weighted by molar-refractivity contribution is -0.140. The Morgan fingerprint density at radius 2 is 1.67 bits per heavy atom. The molecule has 2 unspecified atom stereocenters. The fraction of sp³-hybridized carbons (Fsp3) is 0.600. The molecule has 1 aromatic carbocycles. The van der Waals surface area contributed by atoms with E-state index in [1.165, 1.54) is 18.4 Å². The van der Waals surface area contributed by atoms with Crippen LogP contribution in [-0.2, 0) is 9.59 Å². The fourth-order valence-electron chi connectivity index (χ4n) is 3.73. The van der Waals surface area contributed by atoms with E-state index >= 15 is 0 Å². The standard InChI is InChI=1S/C20H26N2O2/c23-19(21-12-14-6-7-14)17-10-11-18(15-4-2-1-3-5-15)22(13-17)20(24)16-8-9-16/h1-5,14,16-18H,6-13H2,(H,21,23). The predicted molar refractivity (Wildman–Crippen MR) is 92.1 cm³/mol. The van der Waals surface area contributed by atoms with Crippen LogP contribution in [0.3, 0.4) is 0 Å². The third-order valence-corrected chi connectivity index (χ3v) is 5.61. The van der Waals surface area contributed by atoms with Crippen molar-refractivity contribution in [3.05, 3.63) is 35.9 Å². The average Bonchev–Trinajstić information content (AvgIpc) is 3.52. The monoisotopic (exact) mass is 326 g/mol. The second-order valence-electron chi connectivity index (χ2n) is 7.65. The van der Waals surface area contributed by atoms with Crippen LogP contribution in [0.15, 0.2) is 30.3 Å². The molecule has 24 heavy (non-hydrogen) atoms. The van der Waals surface area contributed by atoms with Crippen molar-refractivity contribution in [1.29, 1.82) is 0 Å². The van der Waals surface area contributed by atoms with E-state index in [0.717, 1.165) is 32.2 Å². The Labute approximate surface area is 143 Å². The highest BCUT2D eigenvalue weighted by atomic mass is 16.2. The molecule has 4 nitrogen and oxygen atoms in total. The topological polar surface area (TPSA) is 49.4 Å². The summed E-state index contributed by atoms with van der Waals surface area (Å²) < 4.78 is 0. The maximum absolute atomic E-state index is 12.8. The molecule has 0 radical (unpaired) electrons. The molecule has 3 fully saturated rings. The quantitative estimate of drug-likeness (QED) is 0.904. The van der Waals surface area contributed by atoms with E-state index in [2.05, 4.69) is 17.4 Å². The van der Waals surface area contributed by atoms with Gasteiger partial charge in [-0.05, 0) is 50.0 Å². The largest absolute Gasteiger partial charge is 0.356 e. The first-order chi connectivity index (χ1) is 11.7. The van der Waals surface area contributed by atoms with Crippen LogP contribution in [0.5, 0.6) is 0 Å². The molecule has 2 aliphatic carbocycles. The van der Waals surface area contributed by atoms with Crippen molar-refractivity contribution in [2.45, 2.75) is 44.6 Å². The zero-order valence-electron chi connectivity index (χ0n) is 14.1. The highest BCUT2D eigenvalue weighted by Gasteiger charge is 2.41. The molecule has 1 aromatic rings. The molecular formula is C20H26N2O2. The van der Waals surface area contributed by atoms with Crippen LogP contribution in [0.2, 0.25) is 0 Å². The number of carbonyl (C=O) groups is 2. The van der Waals surface area contributed by atoms with Crippen LogP contribution < -0.4 is 5.32 Å². The lowest BCUT2D eigenvalue weighted by atomic mass is 9.88. The second kappa shape index (κ2) is 6.58. The zero-order chi connectivity index (χ0) is 16.5. The first-order valence-electron chi connectivity index (χ1n) is 9.35. The number of rotatable bonds is 5. The van der Waals surface area contributed by atoms with Gasteiger partial charge in [0.15, 0.2) is 0 Å². The van der Waals surface area contributed by atoms with Crippen LogP contribution in [0.1, 0.15) is 50.1 Å². The number of nitrogens with one attached hydrogen (secondary N) is 1. The van der Waals surface area contributed by atoms with Gasteiger partial charge >= 0.3 is 0 Å². The molecule has 1 aliphatic heterocycles. The van der Waals surface area contributed by atoms with E-state index in [1.807, 2.05) is 23.1 Å². The fourth-order valence-corrected chi connectivity index (χ4v) is 3.73. The summed E-state index contributed by atoms with van der Waals surface area (Å²) in [5.74, 6) is 1.24. The van der Waals surface area contributed by atoms with Gasteiger partial charge in [0.1, 0.15) is 0 Å². The molecule has 1 heterocycles. The van der Waals surface area contributed by atoms with Gasteiger partial charge < -0.3 is 10.2 Å². The molecule has 3 aliphatic rings. The number of benzene rings is 1. The van der Waals surface area contributed by atoms with Crippen LogP contribution in [-0.4, -0.2) is 29.8 Å². The Morgan fingerprint density at radius 1 is 0.958 bits per heavy atom. The summed E-state index contributed by atoms with van der Waals surface area (Å²) in [6.07, 6.45) is 6.25. The maximum atomic E-state index is 12.8. The van der Waals surface area contributed by atoms with Gasteiger partial charge in [-0.1, -0.05) is 30.3 Å². The smallest absolute Gasteiger partial charge is 0.226 e. The highest BCUT2D eigenvalue weighted by molar-refractivity contribution is 5.84. The van der Waals surface area contributed by atoms with Crippen molar-refractivity contribution < 1.29 is 9.59 Å². The van der Waals surface area contributed by atoms with Crippen molar-refractivity contribution in [2.24, 2.45) is 17.8 Å². The van der Waals surface area contributed by atoms with E-state index in [1.54, 1.807) is 0 Å². The summed E-state index contributed by atoms with van der Waals surface area (Å²) in [5.41, 5.74) is 1.20. The summed E-state index contributed by atoms with van der Waals surface area (Å²) in [4.78, 5) is 27.3. The minimum atomic E-state index is -0.0496. The molecule has 2 saturated carbocycles. The third kappa shape index (κ3) is 3.47. The molecule has 2 atom stereocenters. The van der Waals surface area contributed by atoms with E-state index in [9.17, 15) is 9.59 Å². The van der Waals surface area contributed by atoms with E-state index < -0.39 is 0 Å². The number of hydrogen-bond acceptors (Lipinski definition) is 2. The van der Waals surface area contributed by atoms with Gasteiger partial charge in [-0.25, -0.2) is 0 Å². The lowest BCUT2D eigenvalue weighted by Gasteiger charge is -2.39. The normalized spacial score (nSPS) is 26.9. The van der Waals surface area contributed by atoms with Crippen molar-refractivity contribution in [3.63, 3.8) is 0 Å². The molecule has 4 rings (SSSR count). The highest BCUT2D eigenvalue weighted by Crippen LogP contribution is 2.39. The molecule has 1 saturated heterocycles. The summed E-state index contributed by atoms with van der Waals surface area (Å²) in [5, 5.41) is 3.10. The number of likely N-dealkylation sites (tertiary alicyclic amines) is 1. The number of hydrogen-bond donors (Lipinski definition) is 1. The second-order valence-corrected chi connectivity index (χ2v) is 7.65. The van der Waals surface area contributed by atoms with E-state index in [4.69, 9.17) is 0 Å². The Hall–Kier alpha value is -1.84. The molecule has 1 N–H and O–H groups in total. The molecular weight excluding hydrogens is 300 g/mol. The first kappa shape index (κ1) is 15.7. The molecule has 0 bridgehead atoms. The minimum Gasteiger partial charge on any atom is -0.356 e. The van der Waals surface area contributed by atoms with Gasteiger partial charge in [0.05, 0.1) is 12.0 Å².